The van der Waals surface area contributed by atoms with Gasteiger partial charge in [0.15, 0.2) is 0 Å². The van der Waals surface area contributed by atoms with Crippen molar-refractivity contribution in [3.05, 3.63) is 60.2 Å². The van der Waals surface area contributed by atoms with Gasteiger partial charge in [-0.2, -0.15) is 0 Å². The predicted octanol–water partition coefficient (Wildman–Crippen LogP) is 4.76. The van der Waals surface area contributed by atoms with Crippen molar-refractivity contribution >= 4 is 21.5 Å². The van der Waals surface area contributed by atoms with Crippen LogP contribution in [0.15, 0.2) is 54.6 Å². The lowest BCUT2D eigenvalue weighted by Crippen LogP contribution is -2.25. The SMILES string of the molecule is CCN(CC)CC[C@H](O)c1cc2ccccc2c2ccccc12. The van der Waals surface area contributed by atoms with E-state index in [1.807, 2.05) is 0 Å². The Balaban J connectivity index is 2.01. The van der Waals surface area contributed by atoms with Gasteiger partial charge in [0.05, 0.1) is 6.10 Å². The Hall–Kier alpha value is -1.90. The molecular weight excluding hydrogens is 282 g/mol. The average molecular weight is 307 g/mol. The van der Waals surface area contributed by atoms with Crippen LogP contribution in [0.25, 0.3) is 21.5 Å². The van der Waals surface area contributed by atoms with Crippen LogP contribution in [0.5, 0.6) is 0 Å². The minimum Gasteiger partial charge on any atom is -0.388 e. The Bertz CT molecular complexity index is 792. The zero-order chi connectivity index (χ0) is 16.2. The van der Waals surface area contributed by atoms with E-state index in [1.54, 1.807) is 0 Å². The Morgan fingerprint density at radius 3 is 2.17 bits per heavy atom. The molecule has 2 nitrogen and oxygen atoms in total. The van der Waals surface area contributed by atoms with E-state index in [0.717, 1.165) is 31.6 Å². The van der Waals surface area contributed by atoms with Crippen molar-refractivity contribution in [2.24, 2.45) is 0 Å². The summed E-state index contributed by atoms with van der Waals surface area (Å²) in [6, 6.07) is 19.0. The molecule has 3 aromatic rings. The molecule has 0 bridgehead atoms. The number of hydrogen-bond donors (Lipinski definition) is 1. The Labute approximate surface area is 138 Å². The number of fused-ring (bicyclic) bond motifs is 3. The number of aliphatic hydroxyl groups is 1. The van der Waals surface area contributed by atoms with Crippen LogP contribution in [0.3, 0.4) is 0 Å². The highest BCUT2D eigenvalue weighted by molar-refractivity contribution is 6.09. The van der Waals surface area contributed by atoms with E-state index in [1.165, 1.54) is 21.5 Å². The van der Waals surface area contributed by atoms with Gasteiger partial charge in [0.2, 0.25) is 0 Å². The molecular formula is C21H25NO. The molecule has 2 heteroatoms. The zero-order valence-corrected chi connectivity index (χ0v) is 14.0. The topological polar surface area (TPSA) is 23.5 Å². The van der Waals surface area contributed by atoms with Crippen molar-refractivity contribution in [2.45, 2.75) is 26.4 Å². The third kappa shape index (κ3) is 3.24. The number of nitrogens with zero attached hydrogens (tertiary/aromatic N) is 1. The maximum atomic E-state index is 10.8. The molecule has 0 aliphatic rings. The van der Waals surface area contributed by atoms with Gasteiger partial charge in [0.25, 0.3) is 0 Å². The standard InChI is InChI=1S/C21H25NO/c1-3-22(4-2)14-13-21(23)20-15-16-9-5-6-10-17(16)18-11-7-8-12-19(18)20/h5-12,15,21,23H,3-4,13-14H2,1-2H3/t21-/m0/s1. The highest BCUT2D eigenvalue weighted by Crippen LogP contribution is 2.33. The van der Waals surface area contributed by atoms with Crippen LogP contribution in [0.1, 0.15) is 31.9 Å². The number of benzene rings is 3. The monoisotopic (exact) mass is 307 g/mol. The molecule has 3 rings (SSSR count). The van der Waals surface area contributed by atoms with Crippen LogP contribution in [0.2, 0.25) is 0 Å². The first-order valence-electron chi connectivity index (χ1n) is 8.55. The second-order valence-corrected chi connectivity index (χ2v) is 6.06. The van der Waals surface area contributed by atoms with Gasteiger partial charge >= 0.3 is 0 Å². The number of rotatable bonds is 6. The van der Waals surface area contributed by atoms with Gasteiger partial charge in [-0.05, 0) is 52.7 Å². The lowest BCUT2D eigenvalue weighted by Gasteiger charge is -2.21. The first-order valence-corrected chi connectivity index (χ1v) is 8.55. The molecule has 23 heavy (non-hydrogen) atoms. The quantitative estimate of drug-likeness (QED) is 0.664. The second-order valence-electron chi connectivity index (χ2n) is 6.06. The summed E-state index contributed by atoms with van der Waals surface area (Å²) in [6.45, 7) is 7.32. The lowest BCUT2D eigenvalue weighted by atomic mass is 9.93. The van der Waals surface area contributed by atoms with Crippen LogP contribution >= 0.6 is 0 Å². The van der Waals surface area contributed by atoms with Crippen molar-refractivity contribution < 1.29 is 5.11 Å². The molecule has 0 amide bonds. The Morgan fingerprint density at radius 2 is 1.48 bits per heavy atom. The van der Waals surface area contributed by atoms with Crippen LogP contribution in [0, 0.1) is 0 Å². The third-order valence-corrected chi connectivity index (χ3v) is 4.77. The molecule has 1 N–H and O–H groups in total. The normalized spacial score (nSPS) is 13.0. The van der Waals surface area contributed by atoms with Crippen molar-refractivity contribution in [1.82, 2.24) is 4.90 Å². The maximum Gasteiger partial charge on any atom is 0.0808 e. The number of aliphatic hydroxyl groups excluding tert-OH is 1. The highest BCUT2D eigenvalue weighted by Gasteiger charge is 2.14. The highest BCUT2D eigenvalue weighted by atomic mass is 16.3. The molecule has 0 saturated heterocycles. The van der Waals surface area contributed by atoms with Crippen molar-refractivity contribution in [1.29, 1.82) is 0 Å². The summed E-state index contributed by atoms with van der Waals surface area (Å²) >= 11 is 0. The van der Waals surface area contributed by atoms with Crippen molar-refractivity contribution in [2.75, 3.05) is 19.6 Å². The third-order valence-electron chi connectivity index (χ3n) is 4.77. The molecule has 0 unspecified atom stereocenters. The minimum absolute atomic E-state index is 0.426. The largest absolute Gasteiger partial charge is 0.388 e. The fourth-order valence-corrected chi connectivity index (χ4v) is 3.36. The van der Waals surface area contributed by atoms with Crippen LogP contribution in [-0.2, 0) is 0 Å². The van der Waals surface area contributed by atoms with Crippen LogP contribution in [0.4, 0.5) is 0 Å². The van der Waals surface area contributed by atoms with Crippen molar-refractivity contribution in [3.8, 4) is 0 Å². The van der Waals surface area contributed by atoms with E-state index in [4.69, 9.17) is 0 Å². The van der Waals surface area contributed by atoms with E-state index in [2.05, 4.69) is 73.3 Å². The zero-order valence-electron chi connectivity index (χ0n) is 14.0. The summed E-state index contributed by atoms with van der Waals surface area (Å²) in [4.78, 5) is 2.35. The average Bonchev–Trinajstić information content (AvgIpc) is 2.61. The molecule has 120 valence electrons. The van der Waals surface area contributed by atoms with Gasteiger partial charge in [-0.15, -0.1) is 0 Å². The minimum atomic E-state index is -0.426. The van der Waals surface area contributed by atoms with Gasteiger partial charge in [0, 0.05) is 6.54 Å². The van der Waals surface area contributed by atoms with Crippen LogP contribution in [-0.4, -0.2) is 29.6 Å². The van der Waals surface area contributed by atoms with E-state index in [9.17, 15) is 5.11 Å². The molecule has 0 saturated carbocycles. The summed E-state index contributed by atoms with van der Waals surface area (Å²) in [7, 11) is 0. The second kappa shape index (κ2) is 7.12. The molecule has 0 radical (unpaired) electrons. The van der Waals surface area contributed by atoms with Gasteiger partial charge in [-0.3, -0.25) is 0 Å². The summed E-state index contributed by atoms with van der Waals surface area (Å²) in [5.74, 6) is 0. The molecule has 0 spiro atoms. The summed E-state index contributed by atoms with van der Waals surface area (Å²) in [5.41, 5.74) is 1.05. The maximum absolute atomic E-state index is 10.8. The molecule has 0 aliphatic carbocycles. The lowest BCUT2D eigenvalue weighted by molar-refractivity contribution is 0.146. The fraction of sp³-hybridized carbons (Fsp3) is 0.333. The first kappa shape index (κ1) is 16.0. The molecule has 3 aromatic carbocycles. The Kier molecular flexibility index (Phi) is 4.94. The first-order chi connectivity index (χ1) is 11.2. The van der Waals surface area contributed by atoms with Gasteiger partial charge in [-0.25, -0.2) is 0 Å². The van der Waals surface area contributed by atoms with E-state index < -0.39 is 6.10 Å². The smallest absolute Gasteiger partial charge is 0.0808 e. The van der Waals surface area contributed by atoms with E-state index in [-0.39, 0.29) is 0 Å². The Morgan fingerprint density at radius 1 is 0.870 bits per heavy atom. The number of hydrogen-bond acceptors (Lipinski definition) is 2. The molecule has 1 atom stereocenters. The van der Waals surface area contributed by atoms with Gasteiger partial charge in [-0.1, -0.05) is 62.4 Å². The van der Waals surface area contributed by atoms with E-state index in [0.29, 0.717) is 0 Å². The summed E-state index contributed by atoms with van der Waals surface area (Å²) in [5, 5.41) is 15.6. The van der Waals surface area contributed by atoms with Gasteiger partial charge in [0.1, 0.15) is 0 Å². The fourth-order valence-electron chi connectivity index (χ4n) is 3.36. The predicted molar refractivity (Wildman–Crippen MR) is 98.8 cm³/mol. The molecule has 0 fully saturated rings. The molecule has 0 aromatic heterocycles. The van der Waals surface area contributed by atoms with E-state index >= 15 is 0 Å². The summed E-state index contributed by atoms with van der Waals surface area (Å²) < 4.78 is 0. The van der Waals surface area contributed by atoms with Gasteiger partial charge < -0.3 is 10.0 Å². The molecule has 0 heterocycles. The van der Waals surface area contributed by atoms with Crippen LogP contribution < -0.4 is 0 Å². The summed E-state index contributed by atoms with van der Waals surface area (Å²) in [6.07, 6.45) is 0.342. The molecule has 0 aliphatic heterocycles. The van der Waals surface area contributed by atoms with Crippen molar-refractivity contribution in [3.63, 3.8) is 0 Å².